The van der Waals surface area contributed by atoms with Gasteiger partial charge in [0.2, 0.25) is 5.91 Å². The van der Waals surface area contributed by atoms with Crippen molar-refractivity contribution in [3.8, 4) is 0 Å². The molecule has 1 rings (SSSR count). The summed E-state index contributed by atoms with van der Waals surface area (Å²) in [6.07, 6.45) is 5.06. The molecule has 0 fully saturated rings. The molecule has 80 valence electrons. The first-order chi connectivity index (χ1) is 7.25. The number of likely N-dealkylation sites (N-methyl/N-ethyl adjacent to an activating group) is 1. The quantitative estimate of drug-likeness (QED) is 0.572. The van der Waals surface area contributed by atoms with E-state index in [1.54, 1.807) is 36.5 Å². The third-order valence-corrected chi connectivity index (χ3v) is 1.97. The van der Waals surface area contributed by atoms with Crippen molar-refractivity contribution >= 4 is 11.6 Å². The number of amides is 1. The molecule has 0 spiro atoms. The van der Waals surface area contributed by atoms with Crippen molar-refractivity contribution in [2.75, 3.05) is 25.0 Å². The van der Waals surface area contributed by atoms with E-state index in [4.69, 9.17) is 0 Å². The summed E-state index contributed by atoms with van der Waals surface area (Å²) in [5.74, 6) is 0.00449. The maximum atomic E-state index is 11.6. The minimum absolute atomic E-state index is 0.00449. The van der Waals surface area contributed by atoms with Crippen LogP contribution in [0.5, 0.6) is 0 Å². The van der Waals surface area contributed by atoms with E-state index in [9.17, 15) is 4.79 Å². The van der Waals surface area contributed by atoms with Gasteiger partial charge in [0.05, 0.1) is 18.4 Å². The zero-order valence-electron chi connectivity index (χ0n) is 8.81. The maximum absolute atomic E-state index is 11.6. The highest BCUT2D eigenvalue weighted by molar-refractivity contribution is 5.94. The molecule has 0 radical (unpaired) electrons. The molecule has 0 aromatic carbocycles. The topological polar surface area (TPSA) is 45.2 Å². The highest BCUT2D eigenvalue weighted by Gasteiger charge is 2.09. The Morgan fingerprint density at radius 1 is 1.73 bits per heavy atom. The van der Waals surface area contributed by atoms with E-state index in [1.807, 2.05) is 6.07 Å². The van der Waals surface area contributed by atoms with Crippen LogP contribution in [-0.4, -0.2) is 31.0 Å². The summed E-state index contributed by atoms with van der Waals surface area (Å²) >= 11 is 0. The molecule has 15 heavy (non-hydrogen) atoms. The third kappa shape index (κ3) is 3.52. The van der Waals surface area contributed by atoms with Crippen molar-refractivity contribution < 1.29 is 4.79 Å². The van der Waals surface area contributed by atoms with Gasteiger partial charge in [-0.05, 0) is 12.1 Å². The molecule has 4 heteroatoms. The Balaban J connectivity index is 2.50. The van der Waals surface area contributed by atoms with Gasteiger partial charge in [0, 0.05) is 19.8 Å². The smallest absolute Gasteiger partial charge is 0.240 e. The molecular weight excluding hydrogens is 190 g/mol. The molecule has 1 aromatic heterocycles. The fourth-order valence-electron chi connectivity index (χ4n) is 1.10. The van der Waals surface area contributed by atoms with Crippen LogP contribution in [0.1, 0.15) is 0 Å². The lowest BCUT2D eigenvalue weighted by Gasteiger charge is -2.16. The van der Waals surface area contributed by atoms with Gasteiger partial charge in [-0.2, -0.15) is 0 Å². The monoisotopic (exact) mass is 205 g/mol. The van der Waals surface area contributed by atoms with Gasteiger partial charge in [-0.25, -0.2) is 0 Å². The second-order valence-corrected chi connectivity index (χ2v) is 3.08. The summed E-state index contributed by atoms with van der Waals surface area (Å²) < 4.78 is 0. The van der Waals surface area contributed by atoms with Crippen LogP contribution in [0.4, 0.5) is 5.69 Å². The van der Waals surface area contributed by atoms with Gasteiger partial charge >= 0.3 is 0 Å². The number of pyridine rings is 1. The van der Waals surface area contributed by atoms with Gasteiger partial charge in [0.1, 0.15) is 0 Å². The standard InChI is InChI=1S/C11H15N3O/c1-3-6-12-9-11(15)14(2)10-5-4-7-13-8-10/h3-5,7-8,12H,1,6,9H2,2H3. The minimum Gasteiger partial charge on any atom is -0.313 e. The third-order valence-electron chi connectivity index (χ3n) is 1.97. The van der Waals surface area contributed by atoms with Crippen molar-refractivity contribution in [1.82, 2.24) is 10.3 Å². The Kier molecular flexibility index (Phi) is 4.50. The lowest BCUT2D eigenvalue weighted by Crippen LogP contribution is -2.35. The first-order valence-electron chi connectivity index (χ1n) is 4.74. The summed E-state index contributed by atoms with van der Waals surface area (Å²) in [6, 6.07) is 3.65. The number of nitrogens with one attached hydrogen (secondary N) is 1. The highest BCUT2D eigenvalue weighted by atomic mass is 16.2. The predicted octanol–water partition coefficient (Wildman–Crippen LogP) is 0.820. The molecule has 1 heterocycles. The summed E-state index contributed by atoms with van der Waals surface area (Å²) in [5, 5.41) is 2.96. The van der Waals surface area contributed by atoms with E-state index < -0.39 is 0 Å². The van der Waals surface area contributed by atoms with E-state index >= 15 is 0 Å². The number of carbonyl (C=O) groups is 1. The summed E-state index contributed by atoms with van der Waals surface area (Å²) in [5.41, 5.74) is 0.794. The van der Waals surface area contributed by atoms with Crippen LogP contribution in [-0.2, 0) is 4.79 Å². The number of hydrogen-bond donors (Lipinski definition) is 1. The van der Waals surface area contributed by atoms with E-state index in [0.717, 1.165) is 5.69 Å². The van der Waals surface area contributed by atoms with Crippen LogP contribution in [0.15, 0.2) is 37.2 Å². The normalized spacial score (nSPS) is 9.67. The SMILES string of the molecule is C=CCNCC(=O)N(C)c1cccnc1. The van der Waals surface area contributed by atoms with Crippen LogP contribution in [0.3, 0.4) is 0 Å². The fraction of sp³-hybridized carbons (Fsp3) is 0.273. The molecule has 1 N–H and O–H groups in total. The Morgan fingerprint density at radius 2 is 2.53 bits per heavy atom. The van der Waals surface area contributed by atoms with Crippen LogP contribution >= 0.6 is 0 Å². The van der Waals surface area contributed by atoms with Gasteiger partial charge in [-0.15, -0.1) is 6.58 Å². The highest BCUT2D eigenvalue weighted by Crippen LogP contribution is 2.08. The molecule has 0 aliphatic rings. The van der Waals surface area contributed by atoms with Crippen molar-refractivity contribution in [3.05, 3.63) is 37.2 Å². The average molecular weight is 205 g/mol. The molecule has 0 saturated heterocycles. The van der Waals surface area contributed by atoms with E-state index in [2.05, 4.69) is 16.9 Å². The number of aromatic nitrogens is 1. The fourth-order valence-corrected chi connectivity index (χ4v) is 1.10. The Hall–Kier alpha value is -1.68. The van der Waals surface area contributed by atoms with Crippen LogP contribution < -0.4 is 10.2 Å². The van der Waals surface area contributed by atoms with Crippen molar-refractivity contribution in [1.29, 1.82) is 0 Å². The number of rotatable bonds is 5. The predicted molar refractivity (Wildman–Crippen MR) is 60.7 cm³/mol. The van der Waals surface area contributed by atoms with Crippen molar-refractivity contribution in [2.45, 2.75) is 0 Å². The number of carbonyl (C=O) groups excluding carboxylic acids is 1. The van der Waals surface area contributed by atoms with Crippen molar-refractivity contribution in [2.24, 2.45) is 0 Å². The zero-order chi connectivity index (χ0) is 11.1. The van der Waals surface area contributed by atoms with Crippen LogP contribution in [0.25, 0.3) is 0 Å². The largest absolute Gasteiger partial charge is 0.313 e. The second-order valence-electron chi connectivity index (χ2n) is 3.08. The second kappa shape index (κ2) is 5.93. The number of hydrogen-bond acceptors (Lipinski definition) is 3. The summed E-state index contributed by atoms with van der Waals surface area (Å²) in [4.78, 5) is 17.1. The van der Waals surface area contributed by atoms with Gasteiger partial charge < -0.3 is 10.2 Å². The molecule has 4 nitrogen and oxygen atoms in total. The molecule has 0 bridgehead atoms. The molecule has 1 amide bonds. The Labute approximate surface area is 89.6 Å². The van der Waals surface area contributed by atoms with Crippen LogP contribution in [0.2, 0.25) is 0 Å². The molecular formula is C11H15N3O. The van der Waals surface area contributed by atoms with Gasteiger partial charge in [-0.1, -0.05) is 6.08 Å². The van der Waals surface area contributed by atoms with Gasteiger partial charge in [0.25, 0.3) is 0 Å². The molecule has 1 aromatic rings. The maximum Gasteiger partial charge on any atom is 0.240 e. The summed E-state index contributed by atoms with van der Waals surface area (Å²) in [7, 11) is 1.73. The first kappa shape index (κ1) is 11.4. The zero-order valence-corrected chi connectivity index (χ0v) is 8.81. The number of nitrogens with zero attached hydrogens (tertiary/aromatic N) is 2. The van der Waals surface area contributed by atoms with Gasteiger partial charge in [0.15, 0.2) is 0 Å². The minimum atomic E-state index is 0.00449. The molecule has 0 aliphatic carbocycles. The lowest BCUT2D eigenvalue weighted by molar-refractivity contribution is -0.117. The van der Waals surface area contributed by atoms with Crippen molar-refractivity contribution in [3.63, 3.8) is 0 Å². The summed E-state index contributed by atoms with van der Waals surface area (Å²) in [6.45, 7) is 4.50. The van der Waals surface area contributed by atoms with Crippen LogP contribution in [0, 0.1) is 0 Å². The Morgan fingerprint density at radius 3 is 3.13 bits per heavy atom. The van der Waals surface area contributed by atoms with E-state index in [1.165, 1.54) is 0 Å². The van der Waals surface area contributed by atoms with E-state index in [0.29, 0.717) is 13.1 Å². The molecule has 0 saturated carbocycles. The van der Waals surface area contributed by atoms with E-state index in [-0.39, 0.29) is 5.91 Å². The number of anilines is 1. The average Bonchev–Trinajstić information content (AvgIpc) is 2.29. The Bertz CT molecular complexity index is 324. The first-order valence-corrected chi connectivity index (χ1v) is 4.74. The molecule has 0 atom stereocenters. The van der Waals surface area contributed by atoms with Gasteiger partial charge in [-0.3, -0.25) is 9.78 Å². The molecule has 0 aliphatic heterocycles. The molecule has 0 unspecified atom stereocenters. The lowest BCUT2D eigenvalue weighted by atomic mass is 10.3.